The highest BCUT2D eigenvalue weighted by Crippen LogP contribution is 2.29. The Morgan fingerprint density at radius 1 is 1.30 bits per heavy atom. The van der Waals surface area contributed by atoms with Gasteiger partial charge in [-0.3, -0.25) is 0 Å². The van der Waals surface area contributed by atoms with Gasteiger partial charge >= 0.3 is 6.09 Å². The van der Waals surface area contributed by atoms with Crippen molar-refractivity contribution in [2.45, 2.75) is 43.8 Å². The average molecular weight is 535 g/mol. The van der Waals surface area contributed by atoms with Crippen molar-refractivity contribution in [2.24, 2.45) is 0 Å². The number of nitriles is 1. The van der Waals surface area contributed by atoms with Crippen molar-refractivity contribution >= 4 is 27.4 Å². The van der Waals surface area contributed by atoms with E-state index in [2.05, 4.69) is 15.3 Å². The molecule has 37 heavy (non-hydrogen) atoms. The van der Waals surface area contributed by atoms with Gasteiger partial charge in [0.1, 0.15) is 24.3 Å². The number of hydrogen-bond donors (Lipinski definition) is 1. The van der Waals surface area contributed by atoms with Gasteiger partial charge in [-0.1, -0.05) is 0 Å². The second-order valence-corrected chi connectivity index (χ2v) is 11.2. The van der Waals surface area contributed by atoms with E-state index >= 15 is 0 Å². The quantitative estimate of drug-likeness (QED) is 0.511. The molecular weight excluding hydrogens is 503 g/mol. The number of anilines is 2. The van der Waals surface area contributed by atoms with Gasteiger partial charge in [0.25, 0.3) is 0 Å². The maximum absolute atomic E-state index is 14.8. The summed E-state index contributed by atoms with van der Waals surface area (Å²) in [4.78, 5) is 23.4. The number of piperidine rings is 1. The molecule has 0 unspecified atom stereocenters. The van der Waals surface area contributed by atoms with Crippen LogP contribution in [0.5, 0.6) is 5.88 Å². The van der Waals surface area contributed by atoms with Gasteiger partial charge in [0.15, 0.2) is 21.2 Å². The van der Waals surface area contributed by atoms with Crippen LogP contribution in [0.3, 0.4) is 0 Å². The predicted molar refractivity (Wildman–Crippen MR) is 134 cm³/mol. The molecule has 1 aliphatic heterocycles. The summed E-state index contributed by atoms with van der Waals surface area (Å²) >= 11 is 0. The smallest absolute Gasteiger partial charge is 0.410 e. The molecule has 2 heterocycles. The summed E-state index contributed by atoms with van der Waals surface area (Å²) in [6.07, 6.45) is 1.35. The van der Waals surface area contributed by atoms with Crippen molar-refractivity contribution in [3.05, 3.63) is 35.9 Å². The van der Waals surface area contributed by atoms with E-state index in [1.54, 1.807) is 37.7 Å². The molecule has 3 rings (SSSR count). The Bertz CT molecular complexity index is 1260. The Kier molecular flexibility index (Phi) is 9.23. The molecular formula is C24H31FN6O5S. The molecule has 0 bridgehead atoms. The number of amides is 1. The van der Waals surface area contributed by atoms with Gasteiger partial charge in [0.2, 0.25) is 5.88 Å². The Labute approximate surface area is 216 Å². The molecule has 0 spiro atoms. The van der Waals surface area contributed by atoms with Gasteiger partial charge in [0, 0.05) is 32.5 Å². The van der Waals surface area contributed by atoms with Crippen LogP contribution in [0, 0.1) is 17.1 Å². The number of nitrogens with zero attached hydrogens (tertiary/aromatic N) is 5. The third kappa shape index (κ3) is 7.50. The summed E-state index contributed by atoms with van der Waals surface area (Å²) in [6.45, 7) is 4.74. The van der Waals surface area contributed by atoms with E-state index in [4.69, 9.17) is 9.47 Å². The highest BCUT2D eigenvalue weighted by Gasteiger charge is 2.27. The van der Waals surface area contributed by atoms with Crippen LogP contribution in [0.2, 0.25) is 0 Å². The molecule has 1 aromatic heterocycles. The zero-order valence-electron chi connectivity index (χ0n) is 21.3. The van der Waals surface area contributed by atoms with Crippen LogP contribution in [0.25, 0.3) is 0 Å². The second kappa shape index (κ2) is 12.2. The van der Waals surface area contributed by atoms with Gasteiger partial charge in [-0.25, -0.2) is 27.6 Å². The van der Waals surface area contributed by atoms with Crippen LogP contribution >= 0.6 is 0 Å². The van der Waals surface area contributed by atoms with Crippen LogP contribution in [-0.2, 0) is 14.6 Å². The van der Waals surface area contributed by atoms with E-state index < -0.39 is 15.7 Å². The van der Waals surface area contributed by atoms with Gasteiger partial charge in [-0.05, 0) is 46.1 Å². The van der Waals surface area contributed by atoms with Crippen LogP contribution in [-0.4, -0.2) is 86.0 Å². The molecule has 1 fully saturated rings. The third-order valence-electron chi connectivity index (χ3n) is 5.60. The molecule has 13 heteroatoms. The number of aromatic nitrogens is 2. The van der Waals surface area contributed by atoms with Crippen LogP contribution in [0.15, 0.2) is 29.4 Å². The molecule has 2 aromatic rings. The number of ether oxygens (including phenoxy) is 2. The average Bonchev–Trinajstić information content (AvgIpc) is 2.84. The van der Waals surface area contributed by atoms with Gasteiger partial charge in [0.05, 0.1) is 22.4 Å². The minimum absolute atomic E-state index is 0.0209. The van der Waals surface area contributed by atoms with Gasteiger partial charge in [-0.2, -0.15) is 5.26 Å². The Hall–Kier alpha value is -3.50. The first-order chi connectivity index (χ1) is 17.5. The lowest BCUT2D eigenvalue weighted by atomic mass is 10.1. The highest BCUT2D eigenvalue weighted by atomic mass is 32.2. The van der Waals surface area contributed by atoms with Crippen molar-refractivity contribution < 1.29 is 27.1 Å². The Morgan fingerprint density at radius 2 is 2.00 bits per heavy atom. The van der Waals surface area contributed by atoms with Crippen molar-refractivity contribution in [1.29, 1.82) is 5.26 Å². The molecule has 1 saturated heterocycles. The minimum Gasteiger partial charge on any atom is -0.473 e. The Balaban J connectivity index is 1.70. The Morgan fingerprint density at radius 3 is 2.59 bits per heavy atom. The lowest BCUT2D eigenvalue weighted by Gasteiger charge is -2.31. The first-order valence-corrected chi connectivity index (χ1v) is 13.5. The minimum atomic E-state index is -3.66. The van der Waals surface area contributed by atoms with E-state index in [1.165, 1.54) is 18.5 Å². The zero-order valence-corrected chi connectivity index (χ0v) is 22.1. The number of sulfone groups is 1. The summed E-state index contributed by atoms with van der Waals surface area (Å²) in [5.41, 5.74) is -0.0732. The lowest BCUT2D eigenvalue weighted by Crippen LogP contribution is -2.42. The standard InChI is InChI=1S/C24H31FN6O5S/c1-16(2)35-24(32)31-9-7-17(8-10-31)36-23-19(14-26)22(27-15-28-23)29-21-6-5-18(13-20(21)25)37(33,34)12-11-30(3)4/h5-6,13,15-17H,7-12H2,1-4H3,(H,27,28,29). The molecule has 0 aliphatic carbocycles. The third-order valence-corrected chi connectivity index (χ3v) is 7.29. The molecule has 0 radical (unpaired) electrons. The van der Waals surface area contributed by atoms with E-state index in [0.717, 1.165) is 6.07 Å². The maximum atomic E-state index is 14.8. The van der Waals surface area contributed by atoms with E-state index in [1.807, 2.05) is 6.07 Å². The topological polar surface area (TPSA) is 138 Å². The number of likely N-dealkylation sites (tertiary alicyclic amines) is 1. The van der Waals surface area contributed by atoms with Crippen molar-refractivity contribution in [3.8, 4) is 11.9 Å². The number of halogens is 1. The second-order valence-electron chi connectivity index (χ2n) is 9.14. The maximum Gasteiger partial charge on any atom is 0.410 e. The first kappa shape index (κ1) is 28.1. The van der Waals surface area contributed by atoms with Crippen LogP contribution < -0.4 is 10.1 Å². The molecule has 11 nitrogen and oxygen atoms in total. The van der Waals surface area contributed by atoms with E-state index in [9.17, 15) is 22.9 Å². The summed E-state index contributed by atoms with van der Waals surface area (Å²) in [5, 5.41) is 12.5. The van der Waals surface area contributed by atoms with Crippen molar-refractivity contribution in [1.82, 2.24) is 19.8 Å². The fourth-order valence-electron chi connectivity index (χ4n) is 3.58. The zero-order chi connectivity index (χ0) is 27.2. The van der Waals surface area contributed by atoms with Crippen molar-refractivity contribution in [3.63, 3.8) is 0 Å². The van der Waals surface area contributed by atoms with E-state index in [0.29, 0.717) is 32.5 Å². The molecule has 200 valence electrons. The number of rotatable bonds is 9. The number of nitrogens with one attached hydrogen (secondary N) is 1. The molecule has 1 aliphatic rings. The molecule has 1 aromatic carbocycles. The van der Waals surface area contributed by atoms with Crippen LogP contribution in [0.4, 0.5) is 20.7 Å². The van der Waals surface area contributed by atoms with Gasteiger partial charge in [-0.15, -0.1) is 0 Å². The number of hydrogen-bond acceptors (Lipinski definition) is 10. The summed E-state index contributed by atoms with van der Waals surface area (Å²) in [5.74, 6) is -0.898. The number of carbonyl (C=O) groups excluding carboxylic acids is 1. The van der Waals surface area contributed by atoms with Gasteiger partial charge < -0.3 is 24.6 Å². The van der Waals surface area contributed by atoms with Crippen LogP contribution in [0.1, 0.15) is 32.3 Å². The first-order valence-electron chi connectivity index (χ1n) is 11.8. The number of carbonyl (C=O) groups is 1. The fraction of sp³-hybridized carbons (Fsp3) is 0.500. The predicted octanol–water partition coefficient (Wildman–Crippen LogP) is 2.95. The number of benzene rings is 1. The highest BCUT2D eigenvalue weighted by molar-refractivity contribution is 7.91. The SMILES string of the molecule is CC(C)OC(=O)N1CCC(Oc2ncnc(Nc3ccc(S(=O)(=O)CCN(C)C)cc3F)c2C#N)CC1. The largest absolute Gasteiger partial charge is 0.473 e. The lowest BCUT2D eigenvalue weighted by molar-refractivity contribution is 0.0506. The van der Waals surface area contributed by atoms with Crippen molar-refractivity contribution in [2.75, 3.05) is 44.8 Å². The molecule has 1 N–H and O–H groups in total. The molecule has 1 amide bonds. The summed E-state index contributed by atoms with van der Waals surface area (Å²) < 4.78 is 50.9. The normalized spacial score (nSPS) is 14.5. The summed E-state index contributed by atoms with van der Waals surface area (Å²) in [7, 11) is -0.154. The molecule has 0 saturated carbocycles. The fourth-order valence-corrected chi connectivity index (χ4v) is 4.98. The summed E-state index contributed by atoms with van der Waals surface area (Å²) in [6, 6.07) is 5.52. The van der Waals surface area contributed by atoms with E-state index in [-0.39, 0.29) is 51.9 Å². The molecule has 0 atom stereocenters. The monoisotopic (exact) mass is 534 g/mol.